The summed E-state index contributed by atoms with van der Waals surface area (Å²) in [5.74, 6) is -3.04. The molecule has 0 heterocycles. The Morgan fingerprint density at radius 2 is 2.00 bits per heavy atom. The molecule has 0 aromatic heterocycles. The van der Waals surface area contributed by atoms with Crippen LogP contribution in [0.4, 0.5) is 4.39 Å². The minimum Gasteiger partial charge on any atom is -0.479 e. The van der Waals surface area contributed by atoms with Gasteiger partial charge in [0.05, 0.1) is 6.42 Å². The van der Waals surface area contributed by atoms with Gasteiger partial charge in [-0.05, 0) is 0 Å². The molecule has 1 aliphatic carbocycles. The molecule has 0 radical (unpaired) electrons. The second kappa shape index (κ2) is 3.26. The average Bonchev–Trinajstić information content (AvgIpc) is 2.11. The maximum Gasteiger partial charge on any atom is 0.339 e. The molecule has 4 N–H and O–H groups in total. The Labute approximate surface area is 77.6 Å². The number of aliphatic hydroxyl groups excluding tert-OH is 2. The van der Waals surface area contributed by atoms with Crippen molar-refractivity contribution < 1.29 is 34.4 Å². The summed E-state index contributed by atoms with van der Waals surface area (Å²) in [6.45, 7) is 0. The maximum absolute atomic E-state index is 13.1. The summed E-state index contributed by atoms with van der Waals surface area (Å²) < 4.78 is 13.1. The van der Waals surface area contributed by atoms with Gasteiger partial charge in [-0.2, -0.15) is 0 Å². The van der Waals surface area contributed by atoms with Crippen molar-refractivity contribution in [2.24, 2.45) is 0 Å². The molecule has 80 valence electrons. The van der Waals surface area contributed by atoms with Crippen LogP contribution in [-0.2, 0) is 9.59 Å². The Morgan fingerprint density at radius 1 is 1.50 bits per heavy atom. The maximum atomic E-state index is 13.1. The summed E-state index contributed by atoms with van der Waals surface area (Å²) in [7, 11) is 0. The first-order valence-corrected chi connectivity index (χ1v) is 3.79. The Balaban J connectivity index is 3.02. The zero-order chi connectivity index (χ0) is 11.1. The third kappa shape index (κ3) is 1.39. The number of carbonyl (C=O) groups excluding carboxylic acids is 1. The van der Waals surface area contributed by atoms with Crippen LogP contribution in [-0.4, -0.2) is 56.2 Å². The van der Waals surface area contributed by atoms with Gasteiger partial charge in [0.15, 0.2) is 12.0 Å². The van der Waals surface area contributed by atoms with Crippen molar-refractivity contribution in [2.75, 3.05) is 0 Å². The molecule has 0 spiro atoms. The molecule has 6 nitrogen and oxygen atoms in total. The third-order valence-electron chi connectivity index (χ3n) is 2.22. The van der Waals surface area contributed by atoms with E-state index < -0.39 is 42.2 Å². The van der Waals surface area contributed by atoms with Crippen LogP contribution >= 0.6 is 0 Å². The topological polar surface area (TPSA) is 115 Å². The van der Waals surface area contributed by atoms with Crippen molar-refractivity contribution in [3.8, 4) is 0 Å². The molecule has 0 amide bonds. The van der Waals surface area contributed by atoms with Gasteiger partial charge in [-0.25, -0.2) is 9.18 Å². The molecule has 14 heavy (non-hydrogen) atoms. The second-order valence-electron chi connectivity index (χ2n) is 3.21. The van der Waals surface area contributed by atoms with E-state index in [0.717, 1.165) is 0 Å². The number of carboxylic acids is 1. The van der Waals surface area contributed by atoms with Crippen LogP contribution in [0, 0.1) is 0 Å². The lowest BCUT2D eigenvalue weighted by Gasteiger charge is -2.36. The van der Waals surface area contributed by atoms with Crippen LogP contribution in [0.25, 0.3) is 0 Å². The number of Topliss-reactive ketones (excluding diaryl/α,β-unsaturated/α-hetero) is 1. The van der Waals surface area contributed by atoms with Gasteiger partial charge >= 0.3 is 5.97 Å². The lowest BCUT2D eigenvalue weighted by atomic mass is 9.79. The zero-order valence-electron chi connectivity index (χ0n) is 6.92. The SMILES string of the molecule is O=C1C[C@@](O)(C(=O)O)[C@@H](F)[C@@H](O)[C@@H]1O. The monoisotopic (exact) mass is 208 g/mol. The van der Waals surface area contributed by atoms with Gasteiger partial charge in [0.1, 0.15) is 12.2 Å². The molecule has 0 aromatic rings. The predicted molar refractivity (Wildman–Crippen MR) is 39.1 cm³/mol. The molecule has 1 aliphatic rings. The van der Waals surface area contributed by atoms with Gasteiger partial charge in [0.25, 0.3) is 0 Å². The fraction of sp³-hybridized carbons (Fsp3) is 0.714. The summed E-state index contributed by atoms with van der Waals surface area (Å²) in [4.78, 5) is 21.3. The van der Waals surface area contributed by atoms with Crippen molar-refractivity contribution in [3.63, 3.8) is 0 Å². The van der Waals surface area contributed by atoms with E-state index in [2.05, 4.69) is 0 Å². The largest absolute Gasteiger partial charge is 0.479 e. The van der Waals surface area contributed by atoms with E-state index >= 15 is 0 Å². The van der Waals surface area contributed by atoms with E-state index in [0.29, 0.717) is 0 Å². The van der Waals surface area contributed by atoms with Crippen LogP contribution in [0.5, 0.6) is 0 Å². The fourth-order valence-electron chi connectivity index (χ4n) is 1.29. The average molecular weight is 208 g/mol. The molecular formula is C7H9FO6. The molecule has 1 fully saturated rings. The van der Waals surface area contributed by atoms with Gasteiger partial charge in [-0.15, -0.1) is 0 Å². The quantitative estimate of drug-likeness (QED) is 0.390. The van der Waals surface area contributed by atoms with Gasteiger partial charge < -0.3 is 20.4 Å². The highest BCUT2D eigenvalue weighted by Crippen LogP contribution is 2.29. The van der Waals surface area contributed by atoms with E-state index in [-0.39, 0.29) is 0 Å². The van der Waals surface area contributed by atoms with E-state index in [9.17, 15) is 19.1 Å². The molecule has 7 heteroatoms. The number of ketones is 1. The second-order valence-corrected chi connectivity index (χ2v) is 3.21. The summed E-state index contributed by atoms with van der Waals surface area (Å²) in [6, 6.07) is 0. The van der Waals surface area contributed by atoms with Gasteiger partial charge in [0.2, 0.25) is 5.60 Å². The Kier molecular flexibility index (Phi) is 2.57. The van der Waals surface area contributed by atoms with Crippen molar-refractivity contribution in [3.05, 3.63) is 0 Å². The molecule has 0 aliphatic heterocycles. The van der Waals surface area contributed by atoms with Gasteiger partial charge in [-0.3, -0.25) is 4.79 Å². The van der Waals surface area contributed by atoms with E-state index in [1.807, 2.05) is 0 Å². The molecule has 0 bridgehead atoms. The van der Waals surface area contributed by atoms with Crippen molar-refractivity contribution in [1.82, 2.24) is 0 Å². The molecule has 1 saturated carbocycles. The molecule has 4 atom stereocenters. The number of carboxylic acid groups (broad SMARTS) is 1. The first-order chi connectivity index (χ1) is 6.30. The van der Waals surface area contributed by atoms with Gasteiger partial charge in [-0.1, -0.05) is 0 Å². The fourth-order valence-corrected chi connectivity index (χ4v) is 1.29. The van der Waals surface area contributed by atoms with Crippen LogP contribution in [0.2, 0.25) is 0 Å². The Morgan fingerprint density at radius 3 is 2.43 bits per heavy atom. The molecule has 1 rings (SSSR count). The van der Waals surface area contributed by atoms with Gasteiger partial charge in [0, 0.05) is 0 Å². The van der Waals surface area contributed by atoms with Crippen LogP contribution < -0.4 is 0 Å². The van der Waals surface area contributed by atoms with Crippen molar-refractivity contribution in [2.45, 2.75) is 30.4 Å². The summed E-state index contributed by atoms with van der Waals surface area (Å²) in [6.07, 6.45) is -7.84. The number of hydrogen-bond donors (Lipinski definition) is 4. The van der Waals surface area contributed by atoms with E-state index in [1.165, 1.54) is 0 Å². The highest BCUT2D eigenvalue weighted by Gasteiger charge is 2.57. The summed E-state index contributed by atoms with van der Waals surface area (Å²) >= 11 is 0. The highest BCUT2D eigenvalue weighted by molar-refractivity contribution is 5.93. The number of halogens is 1. The number of aliphatic hydroxyl groups is 3. The summed E-state index contributed by atoms with van der Waals surface area (Å²) in [5, 5.41) is 35.5. The molecule has 0 aromatic carbocycles. The number of hydrogen-bond acceptors (Lipinski definition) is 5. The zero-order valence-corrected chi connectivity index (χ0v) is 6.92. The minimum atomic E-state index is -2.95. The first kappa shape index (κ1) is 11.0. The van der Waals surface area contributed by atoms with E-state index in [1.54, 1.807) is 0 Å². The molecular weight excluding hydrogens is 199 g/mol. The van der Waals surface area contributed by atoms with Crippen LogP contribution in [0.3, 0.4) is 0 Å². The third-order valence-corrected chi connectivity index (χ3v) is 2.22. The standard InChI is InChI=1S/C7H9FO6/c8-5-4(11)3(10)2(9)1-7(5,14)6(12)13/h3-5,10-11,14H,1H2,(H,12,13)/t3-,4+,5+,7+/m1/s1. The molecule has 0 saturated heterocycles. The van der Waals surface area contributed by atoms with E-state index in [4.69, 9.17) is 15.3 Å². The normalized spacial score (nSPS) is 43.7. The first-order valence-electron chi connectivity index (χ1n) is 3.79. The highest BCUT2D eigenvalue weighted by atomic mass is 19.1. The molecule has 0 unspecified atom stereocenters. The predicted octanol–water partition coefficient (Wildman–Crippen LogP) is -2.17. The minimum absolute atomic E-state index is 1.05. The summed E-state index contributed by atoms with van der Waals surface area (Å²) in [5.41, 5.74) is -2.95. The number of aliphatic carboxylic acids is 1. The lowest BCUT2D eigenvalue weighted by Crippen LogP contribution is -2.62. The van der Waals surface area contributed by atoms with Crippen molar-refractivity contribution in [1.29, 1.82) is 0 Å². The van der Waals surface area contributed by atoms with Crippen LogP contribution in [0.15, 0.2) is 0 Å². The number of carbonyl (C=O) groups is 2. The Bertz CT molecular complexity index is 279. The number of alkyl halides is 1. The number of rotatable bonds is 1. The van der Waals surface area contributed by atoms with Crippen molar-refractivity contribution >= 4 is 11.8 Å². The van der Waals surface area contributed by atoms with Crippen LogP contribution in [0.1, 0.15) is 6.42 Å². The lowest BCUT2D eigenvalue weighted by molar-refractivity contribution is -0.193. The Hall–Kier alpha value is -1.05. The smallest absolute Gasteiger partial charge is 0.339 e.